The molecule has 10 heteroatoms. The third kappa shape index (κ3) is 6.55. The number of carbonyl (C=O) groups is 2. The van der Waals surface area contributed by atoms with Crippen molar-refractivity contribution in [3.8, 4) is 0 Å². The molecule has 0 aliphatic carbocycles. The fraction of sp³-hybridized carbons (Fsp3) is 0.417. The molecule has 0 spiro atoms. The average molecular weight is 490 g/mol. The van der Waals surface area contributed by atoms with E-state index in [4.69, 9.17) is 9.47 Å². The molecular weight excluding hydrogens is 458 g/mol. The number of aryl methyl sites for hydroxylation is 1. The maximum atomic E-state index is 13.2. The third-order valence-electron chi connectivity index (χ3n) is 5.21. The number of ether oxygens (including phenoxy) is 2. The zero-order valence-electron chi connectivity index (χ0n) is 19.7. The van der Waals surface area contributed by atoms with Gasteiger partial charge in [-0.05, 0) is 48.2 Å². The van der Waals surface area contributed by atoms with Gasteiger partial charge in [-0.25, -0.2) is 13.2 Å². The molecule has 2 aromatic carbocycles. The Kier molecular flexibility index (Phi) is 8.65. The minimum absolute atomic E-state index is 0.132. The van der Waals surface area contributed by atoms with E-state index in [0.717, 1.165) is 0 Å². The van der Waals surface area contributed by atoms with E-state index >= 15 is 0 Å². The number of carbonyl (C=O) groups excluding carboxylic acids is 2. The second-order valence-corrected chi connectivity index (χ2v) is 10.3. The number of anilines is 2. The van der Waals surface area contributed by atoms with Gasteiger partial charge in [0.2, 0.25) is 10.0 Å². The summed E-state index contributed by atoms with van der Waals surface area (Å²) in [5.74, 6) is -0.243. The summed E-state index contributed by atoms with van der Waals surface area (Å²) in [4.78, 5) is 25.0. The minimum atomic E-state index is -3.75. The number of hydrogen-bond acceptors (Lipinski definition) is 6. The maximum Gasteiger partial charge on any atom is 0.411 e. The molecule has 2 aromatic rings. The molecule has 1 fully saturated rings. The van der Waals surface area contributed by atoms with Gasteiger partial charge in [0.1, 0.15) is 0 Å². The van der Waals surface area contributed by atoms with Crippen molar-refractivity contribution in [1.29, 1.82) is 0 Å². The summed E-state index contributed by atoms with van der Waals surface area (Å²) >= 11 is 0. The van der Waals surface area contributed by atoms with Crippen molar-refractivity contribution < 1.29 is 27.5 Å². The largest absolute Gasteiger partial charge is 0.449 e. The number of hydrogen-bond donors (Lipinski definition) is 2. The van der Waals surface area contributed by atoms with Crippen molar-refractivity contribution in [2.45, 2.75) is 32.1 Å². The predicted octanol–water partition coefficient (Wildman–Crippen LogP) is 3.73. The first-order chi connectivity index (χ1) is 16.2. The van der Waals surface area contributed by atoms with Gasteiger partial charge in [-0.3, -0.25) is 10.1 Å². The molecule has 0 aromatic heterocycles. The van der Waals surface area contributed by atoms with Crippen molar-refractivity contribution in [2.75, 3.05) is 43.5 Å². The van der Waals surface area contributed by atoms with Crippen LogP contribution in [0.4, 0.5) is 16.2 Å². The topological polar surface area (TPSA) is 114 Å². The normalized spacial score (nSPS) is 14.6. The molecule has 0 atom stereocenters. The SMILES string of the molecule is CCc1ccc(C(=O)Nc2cccc(NC(=O)OCC(C)C)c2)cc1S(=O)(=O)N1CCOCC1. The quantitative estimate of drug-likeness (QED) is 0.584. The van der Waals surface area contributed by atoms with Crippen molar-refractivity contribution in [1.82, 2.24) is 4.31 Å². The van der Waals surface area contributed by atoms with Gasteiger partial charge < -0.3 is 14.8 Å². The average Bonchev–Trinajstić information content (AvgIpc) is 2.83. The zero-order chi connectivity index (χ0) is 24.7. The van der Waals surface area contributed by atoms with Crippen LogP contribution < -0.4 is 10.6 Å². The monoisotopic (exact) mass is 489 g/mol. The highest BCUT2D eigenvalue weighted by atomic mass is 32.2. The Morgan fingerprint density at radius 2 is 1.74 bits per heavy atom. The van der Waals surface area contributed by atoms with E-state index in [2.05, 4.69) is 10.6 Å². The number of nitrogens with one attached hydrogen (secondary N) is 2. The molecule has 0 radical (unpaired) electrons. The van der Waals surface area contributed by atoms with Gasteiger partial charge in [0.05, 0.1) is 24.7 Å². The van der Waals surface area contributed by atoms with Crippen LogP contribution in [-0.4, -0.2) is 57.6 Å². The van der Waals surface area contributed by atoms with E-state index in [1.807, 2.05) is 20.8 Å². The van der Waals surface area contributed by atoms with Crippen LogP contribution in [0.25, 0.3) is 0 Å². The molecule has 3 rings (SSSR count). The Morgan fingerprint density at radius 1 is 1.06 bits per heavy atom. The molecule has 1 aliphatic rings. The van der Waals surface area contributed by atoms with E-state index in [9.17, 15) is 18.0 Å². The van der Waals surface area contributed by atoms with Crippen molar-refractivity contribution in [2.24, 2.45) is 5.92 Å². The molecule has 0 saturated carbocycles. The predicted molar refractivity (Wildman–Crippen MR) is 130 cm³/mol. The lowest BCUT2D eigenvalue weighted by atomic mass is 10.1. The summed E-state index contributed by atoms with van der Waals surface area (Å²) < 4.78 is 38.2. The van der Waals surface area contributed by atoms with Crippen molar-refractivity contribution >= 4 is 33.4 Å². The first-order valence-electron chi connectivity index (χ1n) is 11.3. The lowest BCUT2D eigenvalue weighted by molar-refractivity contribution is 0.0730. The second-order valence-electron chi connectivity index (χ2n) is 8.34. The van der Waals surface area contributed by atoms with E-state index in [-0.39, 0.29) is 29.5 Å². The van der Waals surface area contributed by atoms with Gasteiger partial charge >= 0.3 is 6.09 Å². The third-order valence-corrected chi connectivity index (χ3v) is 7.19. The number of amides is 2. The highest BCUT2D eigenvalue weighted by molar-refractivity contribution is 7.89. The van der Waals surface area contributed by atoms with Crippen LogP contribution in [0.2, 0.25) is 0 Å². The Morgan fingerprint density at radius 3 is 2.38 bits per heavy atom. The number of sulfonamides is 1. The van der Waals surface area contributed by atoms with Gasteiger partial charge in [0, 0.05) is 30.0 Å². The number of nitrogens with zero attached hydrogens (tertiary/aromatic N) is 1. The first-order valence-corrected chi connectivity index (χ1v) is 12.7. The summed E-state index contributed by atoms with van der Waals surface area (Å²) in [6.45, 7) is 7.29. The molecular formula is C24H31N3O6S. The summed E-state index contributed by atoms with van der Waals surface area (Å²) in [5, 5.41) is 5.38. The Labute approximate surface area is 200 Å². The Balaban J connectivity index is 1.76. The summed E-state index contributed by atoms with van der Waals surface area (Å²) in [6, 6.07) is 11.3. The number of morpholine rings is 1. The molecule has 0 unspecified atom stereocenters. The van der Waals surface area contributed by atoms with E-state index < -0.39 is 22.0 Å². The molecule has 9 nitrogen and oxygen atoms in total. The molecule has 2 N–H and O–H groups in total. The lowest BCUT2D eigenvalue weighted by Gasteiger charge is -2.27. The summed E-state index contributed by atoms with van der Waals surface area (Å²) in [6.07, 6.45) is -0.0631. The van der Waals surface area contributed by atoms with Crippen LogP contribution in [0.15, 0.2) is 47.4 Å². The van der Waals surface area contributed by atoms with Crippen molar-refractivity contribution in [3.05, 3.63) is 53.6 Å². The molecule has 0 bridgehead atoms. The van der Waals surface area contributed by atoms with Gasteiger partial charge in [0.25, 0.3) is 5.91 Å². The molecule has 2 amide bonds. The summed E-state index contributed by atoms with van der Waals surface area (Å²) in [7, 11) is -3.75. The molecule has 1 aliphatic heterocycles. The maximum absolute atomic E-state index is 13.2. The minimum Gasteiger partial charge on any atom is -0.449 e. The van der Waals surface area contributed by atoms with E-state index in [0.29, 0.717) is 43.2 Å². The Bertz CT molecular complexity index is 1130. The van der Waals surface area contributed by atoms with Crippen molar-refractivity contribution in [3.63, 3.8) is 0 Å². The van der Waals surface area contributed by atoms with Crippen LogP contribution in [0.5, 0.6) is 0 Å². The first kappa shape index (κ1) is 25.7. The number of benzene rings is 2. The van der Waals surface area contributed by atoms with Crippen LogP contribution in [0.3, 0.4) is 0 Å². The Hall–Kier alpha value is -2.95. The zero-order valence-corrected chi connectivity index (χ0v) is 20.5. The fourth-order valence-corrected chi connectivity index (χ4v) is 5.16. The van der Waals surface area contributed by atoms with Crippen LogP contribution in [-0.2, 0) is 25.9 Å². The molecule has 1 saturated heterocycles. The van der Waals surface area contributed by atoms with E-state index in [1.165, 1.54) is 10.4 Å². The smallest absolute Gasteiger partial charge is 0.411 e. The van der Waals surface area contributed by atoms with Crippen LogP contribution in [0.1, 0.15) is 36.7 Å². The number of rotatable bonds is 8. The second kappa shape index (κ2) is 11.5. The van der Waals surface area contributed by atoms with Gasteiger partial charge in [-0.1, -0.05) is 32.9 Å². The molecule has 1 heterocycles. The van der Waals surface area contributed by atoms with Crippen LogP contribution >= 0.6 is 0 Å². The van der Waals surface area contributed by atoms with Gasteiger partial charge in [-0.2, -0.15) is 4.31 Å². The van der Waals surface area contributed by atoms with Gasteiger partial charge in [0.15, 0.2) is 0 Å². The standard InChI is InChI=1S/C24H31N3O6S/c1-4-18-8-9-19(14-22(18)34(30,31)27-10-12-32-13-11-27)23(28)25-20-6-5-7-21(15-20)26-24(29)33-16-17(2)3/h5-9,14-15,17H,4,10-13,16H2,1-3H3,(H,25,28)(H,26,29). The van der Waals surface area contributed by atoms with Crippen LogP contribution in [0, 0.1) is 5.92 Å². The fourth-order valence-electron chi connectivity index (χ4n) is 3.43. The highest BCUT2D eigenvalue weighted by Crippen LogP contribution is 2.24. The summed E-state index contributed by atoms with van der Waals surface area (Å²) in [5.41, 5.74) is 1.78. The lowest BCUT2D eigenvalue weighted by Crippen LogP contribution is -2.41. The van der Waals surface area contributed by atoms with Gasteiger partial charge in [-0.15, -0.1) is 0 Å². The molecule has 34 heavy (non-hydrogen) atoms. The van der Waals surface area contributed by atoms with E-state index in [1.54, 1.807) is 36.4 Å². The molecule has 184 valence electrons. The highest BCUT2D eigenvalue weighted by Gasteiger charge is 2.29.